The van der Waals surface area contributed by atoms with Crippen LogP contribution >= 0.6 is 11.8 Å². The first-order valence-electron chi connectivity index (χ1n) is 7.10. The second-order valence-corrected chi connectivity index (χ2v) is 6.26. The van der Waals surface area contributed by atoms with Crippen LogP contribution in [0.1, 0.15) is 36.1 Å². The van der Waals surface area contributed by atoms with Gasteiger partial charge in [0.2, 0.25) is 0 Å². The Bertz CT molecular complexity index is 516. The first-order chi connectivity index (χ1) is 9.72. The minimum absolute atomic E-state index is 0.508. The Morgan fingerprint density at radius 1 is 1.00 bits per heavy atom. The van der Waals surface area contributed by atoms with Crippen molar-refractivity contribution in [2.45, 2.75) is 36.8 Å². The van der Waals surface area contributed by atoms with Crippen LogP contribution in [0.15, 0.2) is 53.4 Å². The van der Waals surface area contributed by atoms with Gasteiger partial charge in [0.15, 0.2) is 0 Å². The molecule has 2 aromatic rings. The Balaban J connectivity index is 2.14. The van der Waals surface area contributed by atoms with E-state index in [1.165, 1.54) is 28.9 Å². The lowest BCUT2D eigenvalue weighted by atomic mass is 10.1. The maximum absolute atomic E-state index is 5.23. The normalized spacial score (nSPS) is 12.2. The van der Waals surface area contributed by atoms with Gasteiger partial charge in [0.1, 0.15) is 5.75 Å². The van der Waals surface area contributed by atoms with E-state index in [0.29, 0.717) is 5.25 Å². The van der Waals surface area contributed by atoms with Crippen LogP contribution in [0, 0.1) is 6.92 Å². The van der Waals surface area contributed by atoms with E-state index >= 15 is 0 Å². The van der Waals surface area contributed by atoms with Crippen LogP contribution in [0.3, 0.4) is 0 Å². The van der Waals surface area contributed by atoms with E-state index in [4.69, 9.17) is 4.74 Å². The van der Waals surface area contributed by atoms with Crippen LogP contribution in [-0.4, -0.2) is 7.11 Å². The molecule has 0 aliphatic rings. The third-order valence-corrected chi connectivity index (χ3v) is 4.67. The van der Waals surface area contributed by atoms with E-state index in [0.717, 1.165) is 5.75 Å². The highest BCUT2D eigenvalue weighted by molar-refractivity contribution is 7.99. The molecule has 2 aromatic carbocycles. The first kappa shape index (κ1) is 15.0. The van der Waals surface area contributed by atoms with Gasteiger partial charge in [-0.1, -0.05) is 43.2 Å². The highest BCUT2D eigenvalue weighted by Crippen LogP contribution is 2.39. The minimum Gasteiger partial charge on any atom is -0.497 e. The molecule has 1 atom stereocenters. The molecule has 0 spiro atoms. The zero-order chi connectivity index (χ0) is 14.4. The molecule has 0 radical (unpaired) electrons. The van der Waals surface area contributed by atoms with Crippen molar-refractivity contribution in [2.24, 2.45) is 0 Å². The van der Waals surface area contributed by atoms with Gasteiger partial charge in [0.25, 0.3) is 0 Å². The number of rotatable bonds is 6. The van der Waals surface area contributed by atoms with Gasteiger partial charge in [-0.3, -0.25) is 0 Å². The van der Waals surface area contributed by atoms with E-state index in [1.807, 2.05) is 23.9 Å². The molecule has 0 fully saturated rings. The standard InChI is InChI=1S/C18H22OS/c1-4-5-18(15-8-10-16(19-3)11-9-15)20-17-12-6-14(2)7-13-17/h6-13,18H,4-5H2,1-3H3. The molecule has 0 heterocycles. The van der Waals surface area contributed by atoms with Crippen molar-refractivity contribution in [3.8, 4) is 5.75 Å². The molecular formula is C18H22OS. The second kappa shape index (κ2) is 7.39. The summed E-state index contributed by atoms with van der Waals surface area (Å²) in [5.74, 6) is 0.921. The molecule has 0 saturated carbocycles. The maximum Gasteiger partial charge on any atom is 0.118 e. The molecule has 0 saturated heterocycles. The van der Waals surface area contributed by atoms with Gasteiger partial charge in [-0.05, 0) is 43.2 Å². The Hall–Kier alpha value is -1.41. The average Bonchev–Trinajstić information content (AvgIpc) is 2.49. The number of thioether (sulfide) groups is 1. The topological polar surface area (TPSA) is 9.23 Å². The number of benzene rings is 2. The molecule has 2 heteroatoms. The van der Waals surface area contributed by atoms with Gasteiger partial charge >= 0.3 is 0 Å². The molecule has 0 aliphatic carbocycles. The Kier molecular flexibility index (Phi) is 5.54. The van der Waals surface area contributed by atoms with Gasteiger partial charge in [0.05, 0.1) is 7.11 Å². The molecule has 0 amide bonds. The number of ether oxygens (including phenoxy) is 1. The van der Waals surface area contributed by atoms with Crippen LogP contribution in [-0.2, 0) is 0 Å². The third kappa shape index (κ3) is 4.04. The van der Waals surface area contributed by atoms with Crippen LogP contribution < -0.4 is 4.74 Å². The summed E-state index contributed by atoms with van der Waals surface area (Å²) in [7, 11) is 1.71. The number of methoxy groups -OCH3 is 1. The lowest BCUT2D eigenvalue weighted by Gasteiger charge is -2.17. The van der Waals surface area contributed by atoms with Gasteiger partial charge < -0.3 is 4.74 Å². The van der Waals surface area contributed by atoms with Crippen molar-refractivity contribution >= 4 is 11.8 Å². The fourth-order valence-electron chi connectivity index (χ4n) is 2.16. The quantitative estimate of drug-likeness (QED) is 0.636. The Morgan fingerprint density at radius 3 is 2.20 bits per heavy atom. The zero-order valence-corrected chi connectivity index (χ0v) is 13.2. The molecule has 1 unspecified atom stereocenters. The summed E-state index contributed by atoms with van der Waals surface area (Å²) in [5, 5.41) is 0.508. The average molecular weight is 286 g/mol. The number of hydrogen-bond donors (Lipinski definition) is 0. The number of hydrogen-bond acceptors (Lipinski definition) is 2. The minimum atomic E-state index is 0.508. The molecule has 0 bridgehead atoms. The van der Waals surface area contributed by atoms with Gasteiger partial charge in [-0.2, -0.15) is 0 Å². The summed E-state index contributed by atoms with van der Waals surface area (Å²) >= 11 is 1.95. The summed E-state index contributed by atoms with van der Waals surface area (Å²) in [6, 6.07) is 17.2. The van der Waals surface area contributed by atoms with Crippen molar-refractivity contribution in [3.05, 3.63) is 59.7 Å². The SMILES string of the molecule is CCCC(Sc1ccc(C)cc1)c1ccc(OC)cc1. The molecule has 0 N–H and O–H groups in total. The monoisotopic (exact) mass is 286 g/mol. The maximum atomic E-state index is 5.23. The van der Waals surface area contributed by atoms with E-state index in [9.17, 15) is 0 Å². The molecule has 1 nitrogen and oxygen atoms in total. The number of aryl methyl sites for hydroxylation is 1. The summed E-state index contributed by atoms with van der Waals surface area (Å²) in [6.07, 6.45) is 2.38. The van der Waals surface area contributed by atoms with Crippen LogP contribution in [0.2, 0.25) is 0 Å². The highest BCUT2D eigenvalue weighted by Gasteiger charge is 2.12. The van der Waals surface area contributed by atoms with Crippen molar-refractivity contribution in [1.82, 2.24) is 0 Å². The largest absolute Gasteiger partial charge is 0.497 e. The van der Waals surface area contributed by atoms with Crippen molar-refractivity contribution < 1.29 is 4.74 Å². The van der Waals surface area contributed by atoms with E-state index < -0.39 is 0 Å². The first-order valence-corrected chi connectivity index (χ1v) is 7.98. The lowest BCUT2D eigenvalue weighted by molar-refractivity contribution is 0.414. The van der Waals surface area contributed by atoms with Gasteiger partial charge in [-0.15, -0.1) is 11.8 Å². The van der Waals surface area contributed by atoms with Crippen molar-refractivity contribution in [1.29, 1.82) is 0 Å². The van der Waals surface area contributed by atoms with Gasteiger partial charge in [-0.25, -0.2) is 0 Å². The molecule has 0 aromatic heterocycles. The fraction of sp³-hybridized carbons (Fsp3) is 0.333. The second-order valence-electron chi connectivity index (χ2n) is 4.98. The van der Waals surface area contributed by atoms with Gasteiger partial charge in [0, 0.05) is 10.1 Å². The van der Waals surface area contributed by atoms with E-state index in [-0.39, 0.29) is 0 Å². The molecule has 20 heavy (non-hydrogen) atoms. The van der Waals surface area contributed by atoms with Crippen LogP contribution in [0.5, 0.6) is 5.75 Å². The Morgan fingerprint density at radius 2 is 1.65 bits per heavy atom. The molecule has 2 rings (SSSR count). The lowest BCUT2D eigenvalue weighted by Crippen LogP contribution is -1.94. The van der Waals surface area contributed by atoms with Crippen LogP contribution in [0.25, 0.3) is 0 Å². The molecule has 106 valence electrons. The third-order valence-electron chi connectivity index (χ3n) is 3.34. The van der Waals surface area contributed by atoms with Crippen molar-refractivity contribution in [2.75, 3.05) is 7.11 Å². The summed E-state index contributed by atoms with van der Waals surface area (Å²) in [6.45, 7) is 4.37. The molecular weight excluding hydrogens is 264 g/mol. The van der Waals surface area contributed by atoms with E-state index in [2.05, 4.69) is 50.2 Å². The zero-order valence-electron chi connectivity index (χ0n) is 12.4. The summed E-state index contributed by atoms with van der Waals surface area (Å²) < 4.78 is 5.23. The smallest absolute Gasteiger partial charge is 0.118 e. The van der Waals surface area contributed by atoms with Crippen LogP contribution in [0.4, 0.5) is 0 Å². The highest BCUT2D eigenvalue weighted by atomic mass is 32.2. The predicted octanol–water partition coefficient (Wildman–Crippen LogP) is 5.64. The fourth-order valence-corrected chi connectivity index (χ4v) is 3.42. The summed E-state index contributed by atoms with van der Waals surface area (Å²) in [5.41, 5.74) is 2.68. The van der Waals surface area contributed by atoms with Crippen molar-refractivity contribution in [3.63, 3.8) is 0 Å². The Labute approximate surface area is 126 Å². The predicted molar refractivity (Wildman–Crippen MR) is 87.7 cm³/mol. The molecule has 0 aliphatic heterocycles. The summed E-state index contributed by atoms with van der Waals surface area (Å²) in [4.78, 5) is 1.34. The van der Waals surface area contributed by atoms with E-state index in [1.54, 1.807) is 7.11 Å².